The standard InChI is InChI=1S/C20H23NO4/c1-12-6-5-7-17(13(12)2)18(20(23)24)21-19(22)14(3)15-8-10-16(25-4)11-9-15/h5-11,14,18H,1-4H3,(H,21,22)(H,23,24). The van der Waals surface area contributed by atoms with Crippen LogP contribution in [0.2, 0.25) is 0 Å². The maximum absolute atomic E-state index is 12.6. The minimum atomic E-state index is -1.08. The Balaban J connectivity index is 2.22. The Hall–Kier alpha value is -2.82. The van der Waals surface area contributed by atoms with Gasteiger partial charge in [-0.3, -0.25) is 4.79 Å². The van der Waals surface area contributed by atoms with E-state index in [0.717, 1.165) is 16.7 Å². The number of aryl methyl sites for hydroxylation is 1. The molecular weight excluding hydrogens is 318 g/mol. The van der Waals surface area contributed by atoms with Crippen LogP contribution in [0.15, 0.2) is 42.5 Å². The third kappa shape index (κ3) is 4.18. The summed E-state index contributed by atoms with van der Waals surface area (Å²) in [5, 5.41) is 12.2. The first kappa shape index (κ1) is 18.5. The van der Waals surface area contributed by atoms with E-state index in [1.807, 2.05) is 19.9 Å². The van der Waals surface area contributed by atoms with Crippen molar-refractivity contribution in [2.75, 3.05) is 7.11 Å². The number of rotatable bonds is 6. The highest BCUT2D eigenvalue weighted by Crippen LogP contribution is 2.24. The molecule has 2 rings (SSSR count). The highest BCUT2D eigenvalue weighted by atomic mass is 16.5. The highest BCUT2D eigenvalue weighted by molar-refractivity contribution is 5.88. The van der Waals surface area contributed by atoms with Crippen LogP contribution >= 0.6 is 0 Å². The van der Waals surface area contributed by atoms with Crippen LogP contribution in [0.25, 0.3) is 0 Å². The third-order valence-electron chi connectivity index (χ3n) is 4.50. The lowest BCUT2D eigenvalue weighted by Crippen LogP contribution is -2.36. The van der Waals surface area contributed by atoms with Crippen molar-refractivity contribution in [2.24, 2.45) is 0 Å². The van der Waals surface area contributed by atoms with Crippen molar-refractivity contribution in [3.05, 3.63) is 64.7 Å². The third-order valence-corrected chi connectivity index (χ3v) is 4.50. The lowest BCUT2D eigenvalue weighted by molar-refractivity contribution is -0.142. The second kappa shape index (κ2) is 7.83. The number of ether oxygens (including phenoxy) is 1. The molecule has 2 N–H and O–H groups in total. The molecular formula is C20H23NO4. The van der Waals surface area contributed by atoms with Gasteiger partial charge in [0.15, 0.2) is 6.04 Å². The van der Waals surface area contributed by atoms with Crippen molar-refractivity contribution in [1.29, 1.82) is 0 Å². The number of amides is 1. The minimum Gasteiger partial charge on any atom is -0.497 e. The minimum absolute atomic E-state index is 0.335. The highest BCUT2D eigenvalue weighted by Gasteiger charge is 2.26. The summed E-state index contributed by atoms with van der Waals surface area (Å²) < 4.78 is 5.11. The van der Waals surface area contributed by atoms with Gasteiger partial charge in [0.1, 0.15) is 5.75 Å². The van der Waals surface area contributed by atoms with Gasteiger partial charge >= 0.3 is 5.97 Å². The molecule has 5 nitrogen and oxygen atoms in total. The van der Waals surface area contributed by atoms with Gasteiger partial charge in [0, 0.05) is 0 Å². The fourth-order valence-electron chi connectivity index (χ4n) is 2.67. The maximum atomic E-state index is 12.6. The van der Waals surface area contributed by atoms with E-state index in [1.54, 1.807) is 50.4 Å². The summed E-state index contributed by atoms with van der Waals surface area (Å²) in [5.74, 6) is -1.18. The number of nitrogens with one attached hydrogen (secondary N) is 1. The van der Waals surface area contributed by atoms with Gasteiger partial charge in [0.05, 0.1) is 13.0 Å². The van der Waals surface area contributed by atoms with Gasteiger partial charge in [0.25, 0.3) is 0 Å². The van der Waals surface area contributed by atoms with Gasteiger partial charge in [-0.05, 0) is 55.2 Å². The number of methoxy groups -OCH3 is 1. The molecule has 0 aromatic heterocycles. The van der Waals surface area contributed by atoms with Crippen molar-refractivity contribution in [3.63, 3.8) is 0 Å². The lowest BCUT2D eigenvalue weighted by Gasteiger charge is -2.20. The summed E-state index contributed by atoms with van der Waals surface area (Å²) in [7, 11) is 1.58. The smallest absolute Gasteiger partial charge is 0.330 e. The number of hydrogen-bond acceptors (Lipinski definition) is 3. The molecule has 0 aliphatic rings. The van der Waals surface area contributed by atoms with E-state index in [4.69, 9.17) is 4.74 Å². The molecule has 0 heterocycles. The van der Waals surface area contributed by atoms with Crippen molar-refractivity contribution in [2.45, 2.75) is 32.7 Å². The van der Waals surface area contributed by atoms with Gasteiger partial charge < -0.3 is 15.2 Å². The number of aliphatic carboxylic acids is 1. The average Bonchev–Trinajstić information content (AvgIpc) is 2.61. The van der Waals surface area contributed by atoms with Crippen LogP contribution in [0, 0.1) is 13.8 Å². The summed E-state index contributed by atoms with van der Waals surface area (Å²) in [5.41, 5.74) is 3.25. The first-order valence-electron chi connectivity index (χ1n) is 8.08. The Morgan fingerprint density at radius 2 is 1.72 bits per heavy atom. The quantitative estimate of drug-likeness (QED) is 0.845. The topological polar surface area (TPSA) is 75.6 Å². The molecule has 0 saturated carbocycles. The van der Waals surface area contributed by atoms with E-state index in [9.17, 15) is 14.7 Å². The molecule has 0 spiro atoms. The molecule has 0 saturated heterocycles. The fourth-order valence-corrected chi connectivity index (χ4v) is 2.67. The zero-order valence-electron chi connectivity index (χ0n) is 14.9. The normalized spacial score (nSPS) is 13.0. The van der Waals surface area contributed by atoms with Crippen molar-refractivity contribution in [1.82, 2.24) is 5.32 Å². The summed E-state index contributed by atoms with van der Waals surface area (Å²) in [4.78, 5) is 24.3. The van der Waals surface area contributed by atoms with Gasteiger partial charge in [-0.2, -0.15) is 0 Å². The predicted octanol–water partition coefficient (Wildman–Crippen LogP) is 3.36. The summed E-state index contributed by atoms with van der Waals surface area (Å²) in [6.07, 6.45) is 0. The first-order chi connectivity index (χ1) is 11.8. The summed E-state index contributed by atoms with van der Waals surface area (Å²) in [6.45, 7) is 5.53. The number of carbonyl (C=O) groups is 2. The Morgan fingerprint density at radius 1 is 1.08 bits per heavy atom. The second-order valence-corrected chi connectivity index (χ2v) is 6.06. The van der Waals surface area contributed by atoms with Crippen molar-refractivity contribution < 1.29 is 19.4 Å². The Bertz CT molecular complexity index is 768. The van der Waals surface area contributed by atoms with Crippen LogP contribution in [0.3, 0.4) is 0 Å². The molecule has 0 bridgehead atoms. The molecule has 0 fully saturated rings. The monoisotopic (exact) mass is 341 g/mol. The zero-order chi connectivity index (χ0) is 18.6. The van der Waals surface area contributed by atoms with Crippen LogP contribution in [0.1, 0.15) is 41.1 Å². The Kier molecular flexibility index (Phi) is 5.80. The van der Waals surface area contributed by atoms with Gasteiger partial charge in [0.2, 0.25) is 5.91 Å². The average molecular weight is 341 g/mol. The number of carbonyl (C=O) groups excluding carboxylic acids is 1. The molecule has 2 unspecified atom stereocenters. The van der Waals surface area contributed by atoms with E-state index in [1.165, 1.54) is 0 Å². The summed E-state index contributed by atoms with van der Waals surface area (Å²) in [6, 6.07) is 11.5. The van der Waals surface area contributed by atoms with Gasteiger partial charge in [-0.1, -0.05) is 30.3 Å². The number of benzene rings is 2. The van der Waals surface area contributed by atoms with Crippen LogP contribution in [0.5, 0.6) is 5.75 Å². The van der Waals surface area contributed by atoms with E-state index >= 15 is 0 Å². The molecule has 132 valence electrons. The molecule has 1 amide bonds. The molecule has 2 aromatic carbocycles. The molecule has 5 heteroatoms. The number of carboxylic acids is 1. The van der Waals surface area contributed by atoms with Crippen LogP contribution in [0.4, 0.5) is 0 Å². The first-order valence-corrected chi connectivity index (χ1v) is 8.08. The van der Waals surface area contributed by atoms with E-state index in [0.29, 0.717) is 11.3 Å². The Labute approximate surface area is 147 Å². The van der Waals surface area contributed by atoms with Gasteiger partial charge in [-0.15, -0.1) is 0 Å². The molecule has 0 radical (unpaired) electrons. The van der Waals surface area contributed by atoms with Crippen molar-refractivity contribution >= 4 is 11.9 Å². The summed E-state index contributed by atoms with van der Waals surface area (Å²) >= 11 is 0. The van der Waals surface area contributed by atoms with Gasteiger partial charge in [-0.25, -0.2) is 4.79 Å². The fraction of sp³-hybridized carbons (Fsp3) is 0.300. The molecule has 2 atom stereocenters. The Morgan fingerprint density at radius 3 is 2.28 bits per heavy atom. The van der Waals surface area contributed by atoms with Crippen LogP contribution < -0.4 is 10.1 Å². The second-order valence-electron chi connectivity index (χ2n) is 6.06. The predicted molar refractivity (Wildman–Crippen MR) is 95.8 cm³/mol. The SMILES string of the molecule is COc1ccc(C(C)C(=O)NC(C(=O)O)c2cccc(C)c2C)cc1. The maximum Gasteiger partial charge on any atom is 0.330 e. The van der Waals surface area contributed by atoms with Crippen molar-refractivity contribution in [3.8, 4) is 5.75 Å². The van der Waals surface area contributed by atoms with Crippen LogP contribution in [-0.2, 0) is 9.59 Å². The van der Waals surface area contributed by atoms with E-state index < -0.39 is 17.9 Å². The molecule has 0 aliphatic carbocycles. The zero-order valence-corrected chi connectivity index (χ0v) is 14.9. The molecule has 0 aliphatic heterocycles. The number of hydrogen-bond donors (Lipinski definition) is 2. The molecule has 25 heavy (non-hydrogen) atoms. The molecule has 2 aromatic rings. The largest absolute Gasteiger partial charge is 0.497 e. The van der Waals surface area contributed by atoms with Crippen LogP contribution in [-0.4, -0.2) is 24.1 Å². The lowest BCUT2D eigenvalue weighted by atomic mass is 9.95. The number of carboxylic acid groups (broad SMARTS) is 1. The van der Waals surface area contributed by atoms with E-state index in [-0.39, 0.29) is 5.91 Å². The van der Waals surface area contributed by atoms with E-state index in [2.05, 4.69) is 5.32 Å².